The molecular weight excluding hydrogens is 174 g/mol. The number of aldehydes is 1. The van der Waals surface area contributed by atoms with Crippen LogP contribution in [0, 0.1) is 0 Å². The molecular formula is C12H17NO. The van der Waals surface area contributed by atoms with Crippen molar-refractivity contribution in [2.45, 2.75) is 12.8 Å². The lowest BCUT2D eigenvalue weighted by Crippen LogP contribution is -2.13. The summed E-state index contributed by atoms with van der Waals surface area (Å²) in [5.74, 6) is 0. The molecule has 0 saturated heterocycles. The zero-order chi connectivity index (χ0) is 10.4. The molecule has 1 rings (SSSR count). The number of benzene rings is 1. The van der Waals surface area contributed by atoms with E-state index in [2.05, 4.69) is 25.1 Å². The molecule has 0 aromatic heterocycles. The van der Waals surface area contributed by atoms with Crippen LogP contribution in [0.5, 0.6) is 0 Å². The number of hydrogen-bond donors (Lipinski definition) is 0. The first-order valence-electron chi connectivity index (χ1n) is 4.91. The van der Waals surface area contributed by atoms with Crippen LogP contribution in [0.25, 0.3) is 0 Å². The fraction of sp³-hybridized carbons (Fsp3) is 0.417. The third kappa shape index (κ3) is 3.71. The van der Waals surface area contributed by atoms with E-state index in [1.165, 1.54) is 5.56 Å². The van der Waals surface area contributed by atoms with Crippen LogP contribution in [0.15, 0.2) is 24.3 Å². The Balaban J connectivity index is 2.46. The van der Waals surface area contributed by atoms with E-state index in [1.807, 2.05) is 18.2 Å². The van der Waals surface area contributed by atoms with Gasteiger partial charge in [0.1, 0.15) is 6.29 Å². The van der Waals surface area contributed by atoms with Gasteiger partial charge in [-0.25, -0.2) is 0 Å². The quantitative estimate of drug-likeness (QED) is 0.663. The Morgan fingerprint density at radius 2 is 2.14 bits per heavy atom. The van der Waals surface area contributed by atoms with E-state index in [4.69, 9.17) is 0 Å². The smallest absolute Gasteiger partial charge is 0.150 e. The van der Waals surface area contributed by atoms with Crippen molar-refractivity contribution in [3.8, 4) is 0 Å². The second kappa shape index (κ2) is 5.55. The van der Waals surface area contributed by atoms with Gasteiger partial charge in [0.15, 0.2) is 0 Å². The average Bonchev–Trinajstić information content (AvgIpc) is 2.18. The van der Waals surface area contributed by atoms with E-state index in [1.54, 1.807) is 0 Å². The Bertz CT molecular complexity index is 294. The molecule has 0 heterocycles. The molecule has 0 aliphatic rings. The second-order valence-electron chi connectivity index (χ2n) is 3.77. The highest BCUT2D eigenvalue weighted by Gasteiger charge is 1.96. The van der Waals surface area contributed by atoms with E-state index in [0.717, 1.165) is 31.2 Å². The molecule has 1 aromatic rings. The van der Waals surface area contributed by atoms with Crippen molar-refractivity contribution >= 4 is 6.29 Å². The lowest BCUT2D eigenvalue weighted by Gasteiger charge is -2.08. The highest BCUT2D eigenvalue weighted by Crippen LogP contribution is 2.06. The first kappa shape index (κ1) is 10.9. The van der Waals surface area contributed by atoms with E-state index in [-0.39, 0.29) is 0 Å². The van der Waals surface area contributed by atoms with Gasteiger partial charge in [-0.15, -0.1) is 0 Å². The largest absolute Gasteiger partial charge is 0.309 e. The van der Waals surface area contributed by atoms with Gasteiger partial charge in [-0.3, -0.25) is 4.79 Å². The van der Waals surface area contributed by atoms with Crippen molar-refractivity contribution < 1.29 is 4.79 Å². The molecule has 0 unspecified atom stereocenters. The molecule has 14 heavy (non-hydrogen) atoms. The van der Waals surface area contributed by atoms with Gasteiger partial charge in [-0.1, -0.05) is 18.2 Å². The maximum atomic E-state index is 10.5. The molecule has 1 aromatic carbocycles. The lowest BCUT2D eigenvalue weighted by atomic mass is 10.1. The Labute approximate surface area is 85.5 Å². The van der Waals surface area contributed by atoms with Crippen molar-refractivity contribution in [2.24, 2.45) is 0 Å². The number of carbonyl (C=O) groups is 1. The molecule has 0 radical (unpaired) electrons. The van der Waals surface area contributed by atoms with Gasteiger partial charge in [0.05, 0.1) is 0 Å². The van der Waals surface area contributed by atoms with Crippen LogP contribution in [0.3, 0.4) is 0 Å². The van der Waals surface area contributed by atoms with Gasteiger partial charge < -0.3 is 4.90 Å². The van der Waals surface area contributed by atoms with E-state index in [0.29, 0.717) is 0 Å². The molecule has 0 atom stereocenters. The maximum Gasteiger partial charge on any atom is 0.150 e. The minimum absolute atomic E-state index is 0.771. The molecule has 0 spiro atoms. The molecule has 76 valence electrons. The van der Waals surface area contributed by atoms with Crippen LogP contribution in [-0.4, -0.2) is 31.8 Å². The van der Waals surface area contributed by atoms with Gasteiger partial charge >= 0.3 is 0 Å². The van der Waals surface area contributed by atoms with Gasteiger partial charge in [-0.05, 0) is 45.1 Å². The summed E-state index contributed by atoms with van der Waals surface area (Å²) in [4.78, 5) is 12.7. The summed E-state index contributed by atoms with van der Waals surface area (Å²) in [5.41, 5.74) is 2.02. The predicted octanol–water partition coefficient (Wildman–Crippen LogP) is 1.99. The first-order valence-corrected chi connectivity index (χ1v) is 4.91. The molecule has 0 aliphatic heterocycles. The number of carbonyl (C=O) groups excluding carboxylic acids is 1. The molecule has 0 aliphatic carbocycles. The minimum atomic E-state index is 0.771. The normalized spacial score (nSPS) is 10.5. The fourth-order valence-corrected chi connectivity index (χ4v) is 1.42. The van der Waals surface area contributed by atoms with Crippen molar-refractivity contribution in [2.75, 3.05) is 20.6 Å². The molecule has 0 saturated carbocycles. The van der Waals surface area contributed by atoms with Gasteiger partial charge in [0.2, 0.25) is 0 Å². The zero-order valence-corrected chi connectivity index (χ0v) is 8.86. The van der Waals surface area contributed by atoms with Crippen molar-refractivity contribution in [3.05, 3.63) is 35.4 Å². The summed E-state index contributed by atoms with van der Waals surface area (Å²) in [6.45, 7) is 1.09. The Morgan fingerprint density at radius 1 is 1.36 bits per heavy atom. The Kier molecular flexibility index (Phi) is 4.33. The van der Waals surface area contributed by atoms with E-state index < -0.39 is 0 Å². The third-order valence-corrected chi connectivity index (χ3v) is 2.16. The highest BCUT2D eigenvalue weighted by atomic mass is 16.1. The Hall–Kier alpha value is -1.15. The summed E-state index contributed by atoms with van der Waals surface area (Å²) < 4.78 is 0. The van der Waals surface area contributed by atoms with Gasteiger partial charge in [0, 0.05) is 5.56 Å². The number of nitrogens with zero attached hydrogens (tertiary/aromatic N) is 1. The van der Waals surface area contributed by atoms with E-state index >= 15 is 0 Å². The summed E-state index contributed by atoms with van der Waals surface area (Å²) in [6.07, 6.45) is 3.07. The molecule has 0 N–H and O–H groups in total. The van der Waals surface area contributed by atoms with Gasteiger partial charge in [0.25, 0.3) is 0 Å². The lowest BCUT2D eigenvalue weighted by molar-refractivity contribution is 0.112. The van der Waals surface area contributed by atoms with Crippen LogP contribution >= 0.6 is 0 Å². The summed E-state index contributed by atoms with van der Waals surface area (Å²) in [6, 6.07) is 7.81. The zero-order valence-electron chi connectivity index (χ0n) is 8.86. The van der Waals surface area contributed by atoms with Crippen LogP contribution in [-0.2, 0) is 6.42 Å². The number of aryl methyl sites for hydroxylation is 1. The molecule has 0 amide bonds. The first-order chi connectivity index (χ1) is 6.72. The Morgan fingerprint density at radius 3 is 2.79 bits per heavy atom. The average molecular weight is 191 g/mol. The maximum absolute atomic E-state index is 10.5. The predicted molar refractivity (Wildman–Crippen MR) is 58.7 cm³/mol. The number of rotatable bonds is 5. The molecule has 2 heteroatoms. The second-order valence-corrected chi connectivity index (χ2v) is 3.77. The molecule has 0 fully saturated rings. The monoisotopic (exact) mass is 191 g/mol. The van der Waals surface area contributed by atoms with E-state index in [9.17, 15) is 4.79 Å². The number of hydrogen-bond acceptors (Lipinski definition) is 2. The van der Waals surface area contributed by atoms with Gasteiger partial charge in [-0.2, -0.15) is 0 Å². The van der Waals surface area contributed by atoms with Crippen molar-refractivity contribution in [3.63, 3.8) is 0 Å². The van der Waals surface area contributed by atoms with Crippen LogP contribution in [0.4, 0.5) is 0 Å². The SMILES string of the molecule is CN(C)CCCc1cccc(C=O)c1. The minimum Gasteiger partial charge on any atom is -0.309 e. The standard InChI is InChI=1S/C12H17NO/c1-13(2)8-4-7-11-5-3-6-12(9-11)10-14/h3,5-6,9-10H,4,7-8H2,1-2H3. The van der Waals surface area contributed by atoms with Crippen LogP contribution in [0.1, 0.15) is 22.3 Å². The highest BCUT2D eigenvalue weighted by molar-refractivity contribution is 5.74. The fourth-order valence-electron chi connectivity index (χ4n) is 1.42. The summed E-state index contributed by atoms with van der Waals surface area (Å²) in [5, 5.41) is 0. The topological polar surface area (TPSA) is 20.3 Å². The molecule has 0 bridgehead atoms. The third-order valence-electron chi connectivity index (χ3n) is 2.16. The summed E-state index contributed by atoms with van der Waals surface area (Å²) >= 11 is 0. The van der Waals surface area contributed by atoms with Crippen LogP contribution in [0.2, 0.25) is 0 Å². The van der Waals surface area contributed by atoms with Crippen LogP contribution < -0.4 is 0 Å². The van der Waals surface area contributed by atoms with Crippen molar-refractivity contribution in [1.29, 1.82) is 0 Å². The van der Waals surface area contributed by atoms with Crippen molar-refractivity contribution in [1.82, 2.24) is 4.90 Å². The molecule has 2 nitrogen and oxygen atoms in total. The summed E-state index contributed by atoms with van der Waals surface area (Å²) in [7, 11) is 4.14.